The molecule has 0 bridgehead atoms. The number of hydrogen-bond donors (Lipinski definition) is 2. The van der Waals surface area contributed by atoms with E-state index in [0.29, 0.717) is 22.7 Å². The first-order chi connectivity index (χ1) is 13.5. The van der Waals surface area contributed by atoms with Crippen molar-refractivity contribution in [3.8, 4) is 11.5 Å². The molecule has 2 heterocycles. The van der Waals surface area contributed by atoms with Crippen LogP contribution in [0.3, 0.4) is 0 Å². The van der Waals surface area contributed by atoms with Crippen molar-refractivity contribution in [1.29, 1.82) is 0 Å². The first kappa shape index (κ1) is 17.8. The summed E-state index contributed by atoms with van der Waals surface area (Å²) in [6.07, 6.45) is 0.0153. The number of rotatable bonds is 5. The second-order valence-electron chi connectivity index (χ2n) is 6.63. The zero-order valence-electron chi connectivity index (χ0n) is 14.8. The maximum atomic E-state index is 12.6. The van der Waals surface area contributed by atoms with Gasteiger partial charge in [-0.25, -0.2) is 4.79 Å². The van der Waals surface area contributed by atoms with Crippen LogP contribution in [0.25, 0.3) is 0 Å². The van der Waals surface area contributed by atoms with Gasteiger partial charge in [-0.15, -0.1) is 0 Å². The van der Waals surface area contributed by atoms with Gasteiger partial charge in [0.25, 0.3) is 0 Å². The Labute approximate surface area is 160 Å². The summed E-state index contributed by atoms with van der Waals surface area (Å²) < 4.78 is 10.6. The first-order valence-corrected chi connectivity index (χ1v) is 8.81. The SMILES string of the molecule is O=C(N[C@@H](C(=O)O)c1ccccc1)C1CC(=O)N(c2ccc3c(c2)OCO3)C1. The Morgan fingerprint density at radius 2 is 1.86 bits per heavy atom. The van der Waals surface area contributed by atoms with Crippen LogP contribution in [0.15, 0.2) is 48.5 Å². The van der Waals surface area contributed by atoms with Crippen LogP contribution in [0.5, 0.6) is 11.5 Å². The molecule has 2 N–H and O–H groups in total. The number of carboxylic acid groups (broad SMARTS) is 1. The third-order valence-electron chi connectivity index (χ3n) is 4.83. The minimum Gasteiger partial charge on any atom is -0.479 e. The predicted octanol–water partition coefficient (Wildman–Crippen LogP) is 1.71. The molecule has 2 atom stereocenters. The molecule has 2 aliphatic heterocycles. The lowest BCUT2D eigenvalue weighted by molar-refractivity contribution is -0.142. The number of benzene rings is 2. The number of carbonyl (C=O) groups excluding carboxylic acids is 2. The number of nitrogens with zero attached hydrogens (tertiary/aromatic N) is 1. The highest BCUT2D eigenvalue weighted by Gasteiger charge is 2.37. The zero-order chi connectivity index (χ0) is 19.7. The summed E-state index contributed by atoms with van der Waals surface area (Å²) in [7, 11) is 0. The van der Waals surface area contributed by atoms with Gasteiger partial charge in [0, 0.05) is 24.7 Å². The van der Waals surface area contributed by atoms with E-state index < -0.39 is 23.8 Å². The molecule has 2 amide bonds. The molecular weight excluding hydrogens is 364 g/mol. The third kappa shape index (κ3) is 3.36. The van der Waals surface area contributed by atoms with Gasteiger partial charge in [-0.3, -0.25) is 9.59 Å². The molecule has 4 rings (SSSR count). The number of hydrogen-bond acceptors (Lipinski definition) is 5. The van der Waals surface area contributed by atoms with Crippen molar-refractivity contribution in [2.45, 2.75) is 12.5 Å². The van der Waals surface area contributed by atoms with E-state index in [4.69, 9.17) is 9.47 Å². The van der Waals surface area contributed by atoms with E-state index in [9.17, 15) is 19.5 Å². The largest absolute Gasteiger partial charge is 0.479 e. The van der Waals surface area contributed by atoms with Gasteiger partial charge in [0.2, 0.25) is 18.6 Å². The fraction of sp³-hybridized carbons (Fsp3) is 0.250. The van der Waals surface area contributed by atoms with Crippen LogP contribution < -0.4 is 19.7 Å². The normalized spacial score (nSPS) is 18.8. The number of anilines is 1. The fourth-order valence-electron chi connectivity index (χ4n) is 3.38. The Morgan fingerprint density at radius 1 is 1.11 bits per heavy atom. The number of nitrogens with one attached hydrogen (secondary N) is 1. The highest BCUT2D eigenvalue weighted by molar-refractivity contribution is 6.01. The van der Waals surface area contributed by atoms with Crippen molar-refractivity contribution in [2.24, 2.45) is 5.92 Å². The number of carboxylic acids is 1. The summed E-state index contributed by atoms with van der Waals surface area (Å²) >= 11 is 0. The van der Waals surface area contributed by atoms with E-state index >= 15 is 0 Å². The van der Waals surface area contributed by atoms with Crippen LogP contribution in [0.2, 0.25) is 0 Å². The van der Waals surface area contributed by atoms with E-state index in [-0.39, 0.29) is 25.7 Å². The van der Waals surface area contributed by atoms with Crippen LogP contribution in [0, 0.1) is 5.92 Å². The summed E-state index contributed by atoms with van der Waals surface area (Å²) in [5.41, 5.74) is 1.09. The molecule has 144 valence electrons. The van der Waals surface area contributed by atoms with Crippen molar-refractivity contribution in [3.05, 3.63) is 54.1 Å². The molecule has 8 heteroatoms. The smallest absolute Gasteiger partial charge is 0.330 e. The van der Waals surface area contributed by atoms with Crippen molar-refractivity contribution in [2.75, 3.05) is 18.2 Å². The number of carbonyl (C=O) groups is 3. The van der Waals surface area contributed by atoms with Gasteiger partial charge in [-0.05, 0) is 17.7 Å². The third-order valence-corrected chi connectivity index (χ3v) is 4.83. The van der Waals surface area contributed by atoms with E-state index in [1.807, 2.05) is 0 Å². The molecule has 1 fully saturated rings. The van der Waals surface area contributed by atoms with Crippen LogP contribution in [0.1, 0.15) is 18.0 Å². The molecule has 0 aromatic heterocycles. The van der Waals surface area contributed by atoms with E-state index in [1.54, 1.807) is 48.5 Å². The molecule has 2 aliphatic rings. The minimum atomic E-state index is -1.16. The van der Waals surface area contributed by atoms with Gasteiger partial charge >= 0.3 is 5.97 Å². The van der Waals surface area contributed by atoms with Crippen molar-refractivity contribution in [1.82, 2.24) is 5.32 Å². The molecule has 2 aromatic rings. The Bertz CT molecular complexity index is 930. The van der Waals surface area contributed by atoms with E-state index in [1.165, 1.54) is 4.90 Å². The predicted molar refractivity (Wildman–Crippen MR) is 98.0 cm³/mol. The number of aliphatic carboxylic acids is 1. The molecule has 1 unspecified atom stereocenters. The van der Waals surface area contributed by atoms with Crippen molar-refractivity contribution in [3.63, 3.8) is 0 Å². The Morgan fingerprint density at radius 3 is 2.61 bits per heavy atom. The number of fused-ring (bicyclic) bond motifs is 1. The molecule has 0 aliphatic carbocycles. The second-order valence-corrected chi connectivity index (χ2v) is 6.63. The number of amides is 2. The summed E-state index contributed by atoms with van der Waals surface area (Å²) in [6, 6.07) is 12.4. The fourth-order valence-corrected chi connectivity index (χ4v) is 3.38. The van der Waals surface area contributed by atoms with Gasteiger partial charge < -0.3 is 24.8 Å². The summed E-state index contributed by atoms with van der Waals surface area (Å²) in [5, 5.41) is 12.0. The zero-order valence-corrected chi connectivity index (χ0v) is 14.8. The van der Waals surface area contributed by atoms with Crippen LogP contribution in [-0.4, -0.2) is 36.2 Å². The topological polar surface area (TPSA) is 105 Å². The molecule has 8 nitrogen and oxygen atoms in total. The molecule has 0 saturated carbocycles. The van der Waals surface area contributed by atoms with Crippen molar-refractivity contribution < 1.29 is 29.0 Å². The lowest BCUT2D eigenvalue weighted by Gasteiger charge is -2.19. The second kappa shape index (κ2) is 7.22. The van der Waals surface area contributed by atoms with Crippen LogP contribution in [-0.2, 0) is 14.4 Å². The standard InChI is InChI=1S/C20H18N2O6/c23-17-8-13(10-22(17)14-6-7-15-16(9-14)28-11-27-15)19(24)21-18(20(25)26)12-4-2-1-3-5-12/h1-7,9,13,18H,8,10-11H2,(H,21,24)(H,25,26)/t13?,18-/m1/s1. The molecular formula is C20H18N2O6. The average Bonchev–Trinajstić information content (AvgIpc) is 3.32. The highest BCUT2D eigenvalue weighted by Crippen LogP contribution is 2.37. The van der Waals surface area contributed by atoms with Gasteiger partial charge in [-0.1, -0.05) is 30.3 Å². The molecule has 0 radical (unpaired) electrons. The summed E-state index contributed by atoms with van der Waals surface area (Å²) in [5.74, 6) is -1.30. The minimum absolute atomic E-state index is 0.0153. The van der Waals surface area contributed by atoms with Crippen molar-refractivity contribution >= 4 is 23.5 Å². The summed E-state index contributed by atoms with van der Waals surface area (Å²) in [6.45, 7) is 0.305. The Hall–Kier alpha value is -3.55. The van der Waals surface area contributed by atoms with E-state index in [0.717, 1.165) is 0 Å². The van der Waals surface area contributed by atoms with Crippen LogP contribution >= 0.6 is 0 Å². The Kier molecular flexibility index (Phi) is 4.60. The number of ether oxygens (including phenoxy) is 2. The van der Waals surface area contributed by atoms with Gasteiger partial charge in [0.1, 0.15) is 0 Å². The average molecular weight is 382 g/mol. The lowest BCUT2D eigenvalue weighted by Crippen LogP contribution is -2.38. The van der Waals surface area contributed by atoms with E-state index in [2.05, 4.69) is 5.32 Å². The Balaban J connectivity index is 1.47. The highest BCUT2D eigenvalue weighted by atomic mass is 16.7. The maximum absolute atomic E-state index is 12.6. The first-order valence-electron chi connectivity index (χ1n) is 8.81. The molecule has 1 saturated heterocycles. The monoisotopic (exact) mass is 382 g/mol. The van der Waals surface area contributed by atoms with Gasteiger partial charge in [-0.2, -0.15) is 0 Å². The van der Waals surface area contributed by atoms with Gasteiger partial charge in [0.15, 0.2) is 17.5 Å². The van der Waals surface area contributed by atoms with Gasteiger partial charge in [0.05, 0.1) is 5.92 Å². The lowest BCUT2D eigenvalue weighted by atomic mass is 10.0. The molecule has 0 spiro atoms. The van der Waals surface area contributed by atoms with Crippen LogP contribution in [0.4, 0.5) is 5.69 Å². The summed E-state index contributed by atoms with van der Waals surface area (Å²) in [4.78, 5) is 38.2. The quantitative estimate of drug-likeness (QED) is 0.816. The molecule has 2 aromatic carbocycles. The molecule has 28 heavy (non-hydrogen) atoms. The maximum Gasteiger partial charge on any atom is 0.330 e.